The van der Waals surface area contributed by atoms with Crippen molar-refractivity contribution in [3.63, 3.8) is 0 Å². The first-order valence-corrected chi connectivity index (χ1v) is 9.87. The van der Waals surface area contributed by atoms with Crippen molar-refractivity contribution in [3.05, 3.63) is 70.4 Å². The van der Waals surface area contributed by atoms with Crippen molar-refractivity contribution in [1.82, 2.24) is 0 Å². The SMILES string of the molecule is CCOC(=O)C1=C(C)N=C2Sc3cc(C#N)c(C#N)cc3N2C1c1ccccc1. The summed E-state index contributed by atoms with van der Waals surface area (Å²) in [4.78, 5) is 20.3. The van der Waals surface area contributed by atoms with Crippen LogP contribution in [0.2, 0.25) is 0 Å². The molecule has 0 fully saturated rings. The van der Waals surface area contributed by atoms with Crippen molar-refractivity contribution in [3.8, 4) is 12.1 Å². The van der Waals surface area contributed by atoms with Crippen molar-refractivity contribution >= 4 is 28.6 Å². The molecule has 6 nitrogen and oxygen atoms in total. The fraction of sp³-hybridized carbons (Fsp3) is 0.182. The van der Waals surface area contributed by atoms with Gasteiger partial charge >= 0.3 is 5.97 Å². The van der Waals surface area contributed by atoms with Crippen LogP contribution in [-0.2, 0) is 9.53 Å². The van der Waals surface area contributed by atoms with Gasteiger partial charge in [0.15, 0.2) is 5.17 Å². The number of rotatable bonds is 3. The van der Waals surface area contributed by atoms with Crippen molar-refractivity contribution in [2.75, 3.05) is 11.5 Å². The zero-order valence-electron chi connectivity index (χ0n) is 15.8. The lowest BCUT2D eigenvalue weighted by atomic mass is 9.93. The second-order valence-electron chi connectivity index (χ2n) is 6.49. The molecule has 0 aromatic heterocycles. The molecule has 2 aliphatic heterocycles. The minimum Gasteiger partial charge on any atom is -0.463 e. The minimum absolute atomic E-state index is 0.267. The normalized spacial score (nSPS) is 17.0. The van der Waals surface area contributed by atoms with Crippen LogP contribution in [0.15, 0.2) is 63.6 Å². The second-order valence-corrected chi connectivity index (χ2v) is 7.50. The van der Waals surface area contributed by atoms with Gasteiger partial charge in [0, 0.05) is 4.90 Å². The molecule has 29 heavy (non-hydrogen) atoms. The van der Waals surface area contributed by atoms with E-state index in [1.807, 2.05) is 35.2 Å². The number of hydrogen-bond donors (Lipinski definition) is 0. The van der Waals surface area contributed by atoms with Crippen LogP contribution in [0.25, 0.3) is 0 Å². The highest BCUT2D eigenvalue weighted by molar-refractivity contribution is 8.14. The Labute approximate surface area is 172 Å². The number of esters is 1. The monoisotopic (exact) mass is 400 g/mol. The van der Waals surface area contributed by atoms with E-state index in [1.165, 1.54) is 11.8 Å². The quantitative estimate of drug-likeness (QED) is 0.714. The maximum Gasteiger partial charge on any atom is 0.338 e. The lowest BCUT2D eigenvalue weighted by Crippen LogP contribution is -2.37. The van der Waals surface area contributed by atoms with Gasteiger partial charge < -0.3 is 9.64 Å². The summed E-state index contributed by atoms with van der Waals surface area (Å²) in [5, 5.41) is 19.5. The van der Waals surface area contributed by atoms with E-state index >= 15 is 0 Å². The van der Waals surface area contributed by atoms with E-state index in [4.69, 9.17) is 4.74 Å². The Balaban J connectivity index is 1.94. The molecule has 0 N–H and O–H groups in total. The third kappa shape index (κ3) is 3.06. The number of aliphatic imine (C=N–C) groups is 1. The minimum atomic E-state index is -0.434. The van der Waals surface area contributed by atoms with Crippen LogP contribution in [0.3, 0.4) is 0 Å². The second kappa shape index (κ2) is 7.46. The lowest BCUT2D eigenvalue weighted by Gasteiger charge is -2.34. The lowest BCUT2D eigenvalue weighted by molar-refractivity contribution is -0.138. The van der Waals surface area contributed by atoms with Crippen LogP contribution in [0.4, 0.5) is 5.69 Å². The molecule has 2 aromatic rings. The molecule has 0 spiro atoms. The zero-order chi connectivity index (χ0) is 20.5. The number of amidine groups is 1. The first-order chi connectivity index (χ1) is 14.1. The molecule has 2 heterocycles. The Hall–Kier alpha value is -3.55. The molecule has 2 aliphatic rings. The zero-order valence-corrected chi connectivity index (χ0v) is 16.7. The van der Waals surface area contributed by atoms with E-state index in [9.17, 15) is 15.3 Å². The van der Waals surface area contributed by atoms with Crippen molar-refractivity contribution in [2.24, 2.45) is 4.99 Å². The van der Waals surface area contributed by atoms with Crippen LogP contribution < -0.4 is 4.90 Å². The van der Waals surface area contributed by atoms with Crippen molar-refractivity contribution < 1.29 is 9.53 Å². The van der Waals surface area contributed by atoms with E-state index in [0.29, 0.717) is 27.6 Å². The van der Waals surface area contributed by atoms with Crippen LogP contribution in [0.1, 0.15) is 36.6 Å². The Morgan fingerprint density at radius 1 is 1.21 bits per heavy atom. The van der Waals surface area contributed by atoms with E-state index in [1.54, 1.807) is 26.0 Å². The van der Waals surface area contributed by atoms with Crippen LogP contribution in [0, 0.1) is 22.7 Å². The molecule has 0 saturated heterocycles. The summed E-state index contributed by atoms with van der Waals surface area (Å²) in [6, 6.07) is 16.8. The number of ether oxygens (including phenoxy) is 1. The van der Waals surface area contributed by atoms with Crippen LogP contribution in [0.5, 0.6) is 0 Å². The summed E-state index contributed by atoms with van der Waals surface area (Å²) in [6.45, 7) is 3.84. The first kappa shape index (κ1) is 18.8. The number of nitriles is 2. The highest BCUT2D eigenvalue weighted by Gasteiger charge is 2.42. The Bertz CT molecular complexity index is 1160. The fourth-order valence-corrected chi connectivity index (χ4v) is 4.67. The molecular formula is C22H16N4O2S. The van der Waals surface area contributed by atoms with Crippen LogP contribution in [-0.4, -0.2) is 17.7 Å². The van der Waals surface area contributed by atoms with Gasteiger partial charge in [-0.15, -0.1) is 0 Å². The molecular weight excluding hydrogens is 384 g/mol. The van der Waals surface area contributed by atoms with Gasteiger partial charge in [0.2, 0.25) is 0 Å². The largest absolute Gasteiger partial charge is 0.463 e. The van der Waals surface area contributed by atoms with Gasteiger partial charge in [-0.3, -0.25) is 0 Å². The number of benzene rings is 2. The summed E-state index contributed by atoms with van der Waals surface area (Å²) in [5.74, 6) is -0.408. The van der Waals surface area contributed by atoms with Crippen molar-refractivity contribution in [2.45, 2.75) is 24.8 Å². The number of fused-ring (bicyclic) bond motifs is 3. The average molecular weight is 400 g/mol. The van der Waals surface area contributed by atoms with Gasteiger partial charge in [-0.05, 0) is 43.3 Å². The Kier molecular flexibility index (Phi) is 4.84. The molecule has 0 amide bonds. The van der Waals surface area contributed by atoms with Gasteiger partial charge in [-0.25, -0.2) is 9.79 Å². The van der Waals surface area contributed by atoms with Gasteiger partial charge in [0.1, 0.15) is 12.1 Å². The van der Waals surface area contributed by atoms with E-state index in [-0.39, 0.29) is 6.61 Å². The van der Waals surface area contributed by atoms with Crippen LogP contribution >= 0.6 is 11.8 Å². The standard InChI is InChI=1S/C22H16N4O2S/c1-3-28-21(27)19-13(2)25-22-26(20(19)14-7-5-4-6-8-14)17-9-15(11-23)16(12-24)10-18(17)29-22/h4-10,20H,3H2,1-2H3. The van der Waals surface area contributed by atoms with Gasteiger partial charge in [0.25, 0.3) is 0 Å². The highest BCUT2D eigenvalue weighted by atomic mass is 32.2. The highest BCUT2D eigenvalue weighted by Crippen LogP contribution is 2.50. The number of nitrogens with zero attached hydrogens (tertiary/aromatic N) is 4. The summed E-state index contributed by atoms with van der Waals surface area (Å²) in [7, 11) is 0. The summed E-state index contributed by atoms with van der Waals surface area (Å²) in [5.41, 5.74) is 3.36. The van der Waals surface area contributed by atoms with Gasteiger partial charge in [0.05, 0.1) is 40.7 Å². The predicted octanol–water partition coefficient (Wildman–Crippen LogP) is 4.29. The number of anilines is 1. The molecule has 2 aromatic carbocycles. The van der Waals surface area contributed by atoms with E-state index in [2.05, 4.69) is 17.1 Å². The third-order valence-corrected chi connectivity index (χ3v) is 5.82. The molecule has 0 bridgehead atoms. The number of carbonyl (C=O) groups is 1. The van der Waals surface area contributed by atoms with Gasteiger partial charge in [-0.1, -0.05) is 30.3 Å². The number of carbonyl (C=O) groups excluding carboxylic acids is 1. The maximum absolute atomic E-state index is 12.8. The predicted molar refractivity (Wildman–Crippen MR) is 110 cm³/mol. The fourth-order valence-electron chi connectivity index (χ4n) is 3.55. The molecule has 4 rings (SSSR count). The topological polar surface area (TPSA) is 89.5 Å². The van der Waals surface area contributed by atoms with Gasteiger partial charge in [-0.2, -0.15) is 10.5 Å². The first-order valence-electron chi connectivity index (χ1n) is 9.05. The third-order valence-electron chi connectivity index (χ3n) is 4.80. The van der Waals surface area contributed by atoms with Crippen molar-refractivity contribution in [1.29, 1.82) is 10.5 Å². The molecule has 1 unspecified atom stereocenters. The smallest absolute Gasteiger partial charge is 0.338 e. The number of thioether (sulfide) groups is 1. The van der Waals surface area contributed by atoms with E-state index in [0.717, 1.165) is 16.1 Å². The number of hydrogen-bond acceptors (Lipinski definition) is 7. The molecule has 0 saturated carbocycles. The Morgan fingerprint density at radius 3 is 2.55 bits per heavy atom. The molecule has 7 heteroatoms. The average Bonchev–Trinajstić information content (AvgIpc) is 3.08. The maximum atomic E-state index is 12.8. The van der Waals surface area contributed by atoms with E-state index < -0.39 is 12.0 Å². The summed E-state index contributed by atoms with van der Waals surface area (Å²) in [6.07, 6.45) is 0. The molecule has 1 atom stereocenters. The molecule has 0 radical (unpaired) electrons. The molecule has 0 aliphatic carbocycles. The molecule has 142 valence electrons. The Morgan fingerprint density at radius 2 is 1.90 bits per heavy atom. The summed E-state index contributed by atoms with van der Waals surface area (Å²) >= 11 is 1.43. The summed E-state index contributed by atoms with van der Waals surface area (Å²) < 4.78 is 5.33. The number of allylic oxidation sites excluding steroid dienone is 1.